The second-order valence-corrected chi connectivity index (χ2v) is 2.73. The van der Waals surface area contributed by atoms with Crippen molar-refractivity contribution in [3.8, 4) is 0 Å². The van der Waals surface area contributed by atoms with E-state index >= 15 is 0 Å². The van der Waals surface area contributed by atoms with E-state index in [-0.39, 0.29) is 5.65 Å². The lowest BCUT2D eigenvalue weighted by Gasteiger charge is -1.98. The van der Waals surface area contributed by atoms with Crippen molar-refractivity contribution < 1.29 is 4.39 Å². The Morgan fingerprint density at radius 3 is 2.92 bits per heavy atom. The molecule has 13 heavy (non-hydrogen) atoms. The van der Waals surface area contributed by atoms with Crippen LogP contribution < -0.4 is 5.69 Å². The summed E-state index contributed by atoms with van der Waals surface area (Å²) < 4.78 is 13.4. The van der Waals surface area contributed by atoms with Crippen LogP contribution in [0.2, 0.25) is 0 Å². The smallest absolute Gasteiger partial charge is 0.244 e. The van der Waals surface area contributed by atoms with Gasteiger partial charge in [-0.25, -0.2) is 14.2 Å². The number of hydrogen-bond acceptors (Lipinski definition) is 3. The molecule has 0 saturated heterocycles. The average Bonchev–Trinajstić information content (AvgIpc) is 2.12. The second-order valence-electron chi connectivity index (χ2n) is 2.39. The van der Waals surface area contributed by atoms with Crippen molar-refractivity contribution in [2.75, 3.05) is 0 Å². The summed E-state index contributed by atoms with van der Waals surface area (Å²) in [5.74, 6) is -0.496. The molecule has 0 amide bonds. The van der Waals surface area contributed by atoms with Gasteiger partial charge < -0.3 is 0 Å². The molecule has 0 aromatic carbocycles. The predicted molar refractivity (Wildman–Crippen MR) is 45.0 cm³/mol. The molecule has 66 valence electrons. The van der Waals surface area contributed by atoms with Crippen molar-refractivity contribution in [2.24, 2.45) is 0 Å². The van der Waals surface area contributed by atoms with Crippen LogP contribution in [0.3, 0.4) is 0 Å². The van der Waals surface area contributed by atoms with Gasteiger partial charge in [-0.15, -0.1) is 0 Å². The van der Waals surface area contributed by atoms with Crippen LogP contribution in [0.1, 0.15) is 0 Å². The van der Waals surface area contributed by atoms with Crippen LogP contribution in [0.5, 0.6) is 0 Å². The number of pyridine rings is 1. The van der Waals surface area contributed by atoms with E-state index in [1.165, 1.54) is 12.3 Å². The first kappa shape index (κ1) is 8.12. The van der Waals surface area contributed by atoms with Crippen molar-refractivity contribution in [1.29, 1.82) is 0 Å². The molecular weight excluding hydrogens is 197 g/mol. The Morgan fingerprint density at radius 2 is 2.15 bits per heavy atom. The van der Waals surface area contributed by atoms with E-state index < -0.39 is 11.5 Å². The van der Waals surface area contributed by atoms with Gasteiger partial charge in [0.15, 0.2) is 5.65 Å². The zero-order valence-electron chi connectivity index (χ0n) is 6.24. The minimum atomic E-state index is -0.631. The summed E-state index contributed by atoms with van der Waals surface area (Å²) in [7, 11) is 0. The monoisotopic (exact) mass is 199 g/mol. The van der Waals surface area contributed by atoms with Gasteiger partial charge in [0, 0.05) is 23.4 Å². The molecule has 2 heterocycles. The van der Waals surface area contributed by atoms with Crippen molar-refractivity contribution in [3.05, 3.63) is 34.8 Å². The summed E-state index contributed by atoms with van der Waals surface area (Å²) in [6.07, 6.45) is 2.22. The third-order valence-electron chi connectivity index (χ3n) is 1.53. The lowest BCUT2D eigenvalue weighted by Crippen LogP contribution is -2.16. The molecule has 6 heteroatoms. The van der Waals surface area contributed by atoms with Crippen LogP contribution in [-0.2, 0) is 0 Å². The number of hydrogen-bond donors (Lipinski definition) is 0. The number of nitrogens with zero attached hydrogens (tertiary/aromatic N) is 3. The SMILES string of the molecule is O=c1ncc2cc(F)cnc2n1Cl. The Bertz CT molecular complexity index is 525. The van der Waals surface area contributed by atoms with Gasteiger partial charge in [0.25, 0.3) is 0 Å². The van der Waals surface area contributed by atoms with Gasteiger partial charge in [0.05, 0.1) is 6.20 Å². The molecule has 0 saturated carbocycles. The normalized spacial score (nSPS) is 10.6. The summed E-state index contributed by atoms with van der Waals surface area (Å²) in [6.45, 7) is 0. The molecule has 0 radical (unpaired) electrons. The van der Waals surface area contributed by atoms with E-state index in [4.69, 9.17) is 11.8 Å². The fourth-order valence-corrected chi connectivity index (χ4v) is 1.16. The maximum absolute atomic E-state index is 12.6. The Kier molecular flexibility index (Phi) is 1.73. The van der Waals surface area contributed by atoms with E-state index in [2.05, 4.69) is 9.97 Å². The molecule has 2 aromatic rings. The third-order valence-corrected chi connectivity index (χ3v) is 1.83. The van der Waals surface area contributed by atoms with E-state index in [0.717, 1.165) is 10.3 Å². The van der Waals surface area contributed by atoms with Crippen molar-refractivity contribution >= 4 is 22.8 Å². The Hall–Kier alpha value is -1.49. The number of halogens is 2. The quantitative estimate of drug-likeness (QED) is 0.634. The van der Waals surface area contributed by atoms with Gasteiger partial charge in [-0.05, 0) is 6.07 Å². The molecular formula is C7H3ClFN3O. The highest BCUT2D eigenvalue weighted by molar-refractivity contribution is 6.18. The van der Waals surface area contributed by atoms with Crippen molar-refractivity contribution in [2.45, 2.75) is 0 Å². The van der Waals surface area contributed by atoms with Gasteiger partial charge in [-0.3, -0.25) is 0 Å². The van der Waals surface area contributed by atoms with E-state index in [9.17, 15) is 9.18 Å². The standard InChI is InChI=1S/C7H3ClFN3O/c8-12-6-4(2-11-7(12)13)1-5(9)3-10-6/h1-3H. The molecule has 0 aliphatic carbocycles. The fraction of sp³-hybridized carbons (Fsp3) is 0. The molecule has 0 aliphatic rings. The summed E-state index contributed by atoms with van der Waals surface area (Å²) in [4.78, 5) is 18.0. The number of fused-ring (bicyclic) bond motifs is 1. The predicted octanol–water partition coefficient (Wildman–Crippen LogP) is 0.932. The van der Waals surface area contributed by atoms with E-state index in [0.29, 0.717) is 5.39 Å². The molecule has 0 unspecified atom stereocenters. The first-order chi connectivity index (χ1) is 6.18. The van der Waals surface area contributed by atoms with Gasteiger partial charge in [-0.1, -0.05) is 0 Å². The highest BCUT2D eigenvalue weighted by Gasteiger charge is 2.03. The molecule has 0 spiro atoms. The first-order valence-electron chi connectivity index (χ1n) is 3.38. The molecule has 0 atom stereocenters. The number of aromatic nitrogens is 3. The van der Waals surface area contributed by atoms with Crippen LogP contribution in [0.15, 0.2) is 23.3 Å². The largest absolute Gasteiger partial charge is 0.364 e. The fourth-order valence-electron chi connectivity index (χ4n) is 0.973. The molecule has 0 bridgehead atoms. The van der Waals surface area contributed by atoms with Crippen LogP contribution in [-0.4, -0.2) is 14.1 Å². The molecule has 0 aliphatic heterocycles. The zero-order chi connectivity index (χ0) is 9.42. The van der Waals surface area contributed by atoms with Crippen LogP contribution in [0.25, 0.3) is 11.0 Å². The molecule has 0 N–H and O–H groups in total. The van der Waals surface area contributed by atoms with Crippen molar-refractivity contribution in [1.82, 2.24) is 14.1 Å². The molecule has 0 fully saturated rings. The second kappa shape index (κ2) is 2.77. The van der Waals surface area contributed by atoms with E-state index in [1.54, 1.807) is 0 Å². The summed E-state index contributed by atoms with van der Waals surface area (Å²) in [6, 6.07) is 1.20. The molecule has 4 nitrogen and oxygen atoms in total. The highest BCUT2D eigenvalue weighted by Crippen LogP contribution is 2.09. The average molecular weight is 200 g/mol. The maximum atomic E-state index is 12.6. The maximum Gasteiger partial charge on any atom is 0.364 e. The van der Waals surface area contributed by atoms with Crippen molar-refractivity contribution in [3.63, 3.8) is 0 Å². The first-order valence-corrected chi connectivity index (χ1v) is 3.72. The van der Waals surface area contributed by atoms with Crippen LogP contribution in [0.4, 0.5) is 4.39 Å². The molecule has 2 rings (SSSR count). The summed E-state index contributed by atoms with van der Waals surface area (Å²) in [5, 5.41) is 0.384. The lowest BCUT2D eigenvalue weighted by molar-refractivity contribution is 0.623. The van der Waals surface area contributed by atoms with Crippen LogP contribution >= 0.6 is 11.8 Å². The summed E-state index contributed by atoms with van der Waals surface area (Å²) in [5.41, 5.74) is -0.434. The van der Waals surface area contributed by atoms with Crippen LogP contribution in [0, 0.1) is 5.82 Å². The topological polar surface area (TPSA) is 47.8 Å². The zero-order valence-corrected chi connectivity index (χ0v) is 6.99. The van der Waals surface area contributed by atoms with Gasteiger partial charge in [0.1, 0.15) is 5.82 Å². The van der Waals surface area contributed by atoms with Gasteiger partial charge in [-0.2, -0.15) is 9.07 Å². The molecule has 2 aromatic heterocycles. The summed E-state index contributed by atoms with van der Waals surface area (Å²) >= 11 is 5.54. The van der Waals surface area contributed by atoms with Gasteiger partial charge in [0.2, 0.25) is 0 Å². The highest BCUT2D eigenvalue weighted by atomic mass is 35.5. The Balaban J connectivity index is 2.95. The Morgan fingerprint density at radius 1 is 1.38 bits per heavy atom. The van der Waals surface area contributed by atoms with Gasteiger partial charge >= 0.3 is 5.69 Å². The lowest BCUT2D eigenvalue weighted by atomic mass is 10.3. The number of rotatable bonds is 0. The minimum Gasteiger partial charge on any atom is -0.244 e. The minimum absolute atomic E-state index is 0.197. The third kappa shape index (κ3) is 1.27. The van der Waals surface area contributed by atoms with E-state index in [1.807, 2.05) is 0 Å². The Labute approximate surface area is 76.7 Å².